The number of methoxy groups -OCH3 is 2. The lowest BCUT2D eigenvalue weighted by atomic mass is 9.95. The highest BCUT2D eigenvalue weighted by Crippen LogP contribution is 2.22. The van der Waals surface area contributed by atoms with Crippen LogP contribution in [-0.4, -0.2) is 32.5 Å². The van der Waals surface area contributed by atoms with Crippen LogP contribution < -0.4 is 4.74 Å². The second kappa shape index (κ2) is 8.09. The van der Waals surface area contributed by atoms with E-state index in [4.69, 9.17) is 9.47 Å². The van der Waals surface area contributed by atoms with Crippen LogP contribution in [0.3, 0.4) is 0 Å². The van der Waals surface area contributed by atoms with Gasteiger partial charge in [-0.15, -0.1) is 0 Å². The average molecular weight is 238 g/mol. The van der Waals surface area contributed by atoms with Gasteiger partial charge in [0.1, 0.15) is 5.75 Å². The van der Waals surface area contributed by atoms with Crippen LogP contribution in [0.4, 0.5) is 0 Å². The SMILES string of the molecule is COCCCC(CO)Cc1ccccc1OC. The summed E-state index contributed by atoms with van der Waals surface area (Å²) in [5.41, 5.74) is 1.16. The molecule has 1 aromatic rings. The van der Waals surface area contributed by atoms with Crippen molar-refractivity contribution in [3.63, 3.8) is 0 Å². The molecule has 17 heavy (non-hydrogen) atoms. The first kappa shape index (κ1) is 14.0. The van der Waals surface area contributed by atoms with Crippen molar-refractivity contribution in [1.29, 1.82) is 0 Å². The van der Waals surface area contributed by atoms with Gasteiger partial charge in [0.15, 0.2) is 0 Å². The maximum Gasteiger partial charge on any atom is 0.122 e. The lowest BCUT2D eigenvalue weighted by molar-refractivity contribution is 0.168. The second-order valence-electron chi connectivity index (χ2n) is 4.20. The molecule has 0 fully saturated rings. The summed E-state index contributed by atoms with van der Waals surface area (Å²) < 4.78 is 10.3. The van der Waals surface area contributed by atoms with Gasteiger partial charge < -0.3 is 14.6 Å². The fourth-order valence-corrected chi connectivity index (χ4v) is 1.96. The van der Waals surface area contributed by atoms with Crippen molar-refractivity contribution in [3.05, 3.63) is 29.8 Å². The van der Waals surface area contributed by atoms with E-state index in [1.165, 1.54) is 0 Å². The predicted octanol–water partition coefficient (Wildman–Crippen LogP) is 2.27. The maximum absolute atomic E-state index is 9.37. The smallest absolute Gasteiger partial charge is 0.122 e. The Morgan fingerprint density at radius 2 is 2.00 bits per heavy atom. The van der Waals surface area contributed by atoms with E-state index in [-0.39, 0.29) is 12.5 Å². The van der Waals surface area contributed by atoms with E-state index in [1.54, 1.807) is 14.2 Å². The molecule has 1 unspecified atom stereocenters. The van der Waals surface area contributed by atoms with Crippen LogP contribution in [0, 0.1) is 5.92 Å². The standard InChI is InChI=1S/C14H22O3/c1-16-9-5-6-12(11-15)10-13-7-3-4-8-14(13)17-2/h3-4,7-8,12,15H,5-6,9-11H2,1-2H3. The molecule has 0 spiro atoms. The third-order valence-corrected chi connectivity index (χ3v) is 2.92. The highest BCUT2D eigenvalue weighted by atomic mass is 16.5. The molecule has 0 aromatic heterocycles. The van der Waals surface area contributed by atoms with Crippen molar-refractivity contribution in [2.45, 2.75) is 19.3 Å². The summed E-state index contributed by atoms with van der Waals surface area (Å²) in [4.78, 5) is 0. The van der Waals surface area contributed by atoms with E-state index in [1.807, 2.05) is 18.2 Å². The van der Waals surface area contributed by atoms with Crippen molar-refractivity contribution in [2.75, 3.05) is 27.4 Å². The lowest BCUT2D eigenvalue weighted by Crippen LogP contribution is -2.11. The molecule has 0 radical (unpaired) electrons. The van der Waals surface area contributed by atoms with Crippen LogP contribution in [0.1, 0.15) is 18.4 Å². The molecule has 96 valence electrons. The molecule has 0 heterocycles. The third kappa shape index (κ3) is 4.75. The number of para-hydroxylation sites is 1. The molecule has 1 atom stereocenters. The van der Waals surface area contributed by atoms with Crippen molar-refractivity contribution in [2.24, 2.45) is 5.92 Å². The van der Waals surface area contributed by atoms with Crippen LogP contribution in [0.15, 0.2) is 24.3 Å². The molecule has 0 aliphatic heterocycles. The van der Waals surface area contributed by atoms with Crippen LogP contribution in [0.5, 0.6) is 5.75 Å². The van der Waals surface area contributed by atoms with E-state index in [2.05, 4.69) is 6.07 Å². The Balaban J connectivity index is 2.54. The molecule has 3 heteroatoms. The minimum absolute atomic E-state index is 0.210. The first-order valence-corrected chi connectivity index (χ1v) is 6.03. The van der Waals surface area contributed by atoms with Gasteiger partial charge in [0, 0.05) is 20.3 Å². The Hall–Kier alpha value is -1.06. The van der Waals surface area contributed by atoms with Gasteiger partial charge in [-0.2, -0.15) is 0 Å². The topological polar surface area (TPSA) is 38.7 Å². The van der Waals surface area contributed by atoms with Crippen molar-refractivity contribution < 1.29 is 14.6 Å². The molecule has 1 aromatic carbocycles. The number of benzene rings is 1. The van der Waals surface area contributed by atoms with Gasteiger partial charge in [0.05, 0.1) is 7.11 Å². The first-order chi connectivity index (χ1) is 8.31. The van der Waals surface area contributed by atoms with Crippen LogP contribution >= 0.6 is 0 Å². The molecule has 0 bridgehead atoms. The molecule has 0 saturated heterocycles. The Morgan fingerprint density at radius 3 is 2.65 bits per heavy atom. The molecule has 0 saturated carbocycles. The number of rotatable bonds is 8. The largest absolute Gasteiger partial charge is 0.496 e. The normalized spacial score (nSPS) is 12.4. The molecule has 0 aliphatic carbocycles. The third-order valence-electron chi connectivity index (χ3n) is 2.92. The Kier molecular flexibility index (Phi) is 6.67. The summed E-state index contributed by atoms with van der Waals surface area (Å²) in [6.45, 7) is 0.962. The van der Waals surface area contributed by atoms with E-state index in [9.17, 15) is 5.11 Å². The average Bonchev–Trinajstić information content (AvgIpc) is 2.38. The molecule has 1 N–H and O–H groups in total. The first-order valence-electron chi connectivity index (χ1n) is 6.03. The summed E-state index contributed by atoms with van der Waals surface area (Å²) in [5, 5.41) is 9.37. The molecule has 0 aliphatic rings. The fraction of sp³-hybridized carbons (Fsp3) is 0.571. The van der Waals surface area contributed by atoms with Gasteiger partial charge in [0.25, 0.3) is 0 Å². The molecular formula is C14H22O3. The van der Waals surface area contributed by atoms with Crippen molar-refractivity contribution in [3.8, 4) is 5.75 Å². The van der Waals surface area contributed by atoms with Crippen LogP contribution in [0.2, 0.25) is 0 Å². The van der Waals surface area contributed by atoms with Gasteiger partial charge in [-0.25, -0.2) is 0 Å². The van der Waals surface area contributed by atoms with Crippen molar-refractivity contribution >= 4 is 0 Å². The van der Waals surface area contributed by atoms with E-state index in [0.29, 0.717) is 0 Å². The van der Waals surface area contributed by atoms with E-state index >= 15 is 0 Å². The van der Waals surface area contributed by atoms with Crippen molar-refractivity contribution in [1.82, 2.24) is 0 Å². The maximum atomic E-state index is 9.37. The minimum Gasteiger partial charge on any atom is -0.496 e. The van der Waals surface area contributed by atoms with Gasteiger partial charge in [-0.3, -0.25) is 0 Å². The summed E-state index contributed by atoms with van der Waals surface area (Å²) in [6.07, 6.45) is 2.81. The highest BCUT2D eigenvalue weighted by molar-refractivity contribution is 5.33. The summed E-state index contributed by atoms with van der Waals surface area (Å²) >= 11 is 0. The second-order valence-corrected chi connectivity index (χ2v) is 4.20. The Bertz CT molecular complexity index is 312. The molecule has 0 amide bonds. The zero-order valence-electron chi connectivity index (χ0n) is 10.7. The molecule has 3 nitrogen and oxygen atoms in total. The number of hydrogen-bond donors (Lipinski definition) is 1. The quantitative estimate of drug-likeness (QED) is 0.706. The number of ether oxygens (including phenoxy) is 2. The zero-order chi connectivity index (χ0) is 12.5. The zero-order valence-corrected chi connectivity index (χ0v) is 10.7. The van der Waals surface area contributed by atoms with Crippen LogP contribution in [0.25, 0.3) is 0 Å². The van der Waals surface area contributed by atoms with E-state index < -0.39 is 0 Å². The monoisotopic (exact) mass is 238 g/mol. The fourth-order valence-electron chi connectivity index (χ4n) is 1.96. The predicted molar refractivity (Wildman–Crippen MR) is 68.4 cm³/mol. The number of hydrogen-bond acceptors (Lipinski definition) is 3. The Labute approximate surface area is 103 Å². The van der Waals surface area contributed by atoms with Gasteiger partial charge >= 0.3 is 0 Å². The highest BCUT2D eigenvalue weighted by Gasteiger charge is 2.11. The summed E-state index contributed by atoms with van der Waals surface area (Å²) in [7, 11) is 3.38. The van der Waals surface area contributed by atoms with E-state index in [0.717, 1.165) is 37.2 Å². The van der Waals surface area contributed by atoms with Gasteiger partial charge in [0.2, 0.25) is 0 Å². The number of aliphatic hydroxyl groups is 1. The minimum atomic E-state index is 0.210. The van der Waals surface area contributed by atoms with Crippen LogP contribution in [-0.2, 0) is 11.2 Å². The summed E-state index contributed by atoms with van der Waals surface area (Å²) in [5.74, 6) is 1.18. The van der Waals surface area contributed by atoms with Gasteiger partial charge in [-0.1, -0.05) is 18.2 Å². The van der Waals surface area contributed by atoms with Gasteiger partial charge in [-0.05, 0) is 36.8 Å². The number of aliphatic hydroxyl groups excluding tert-OH is 1. The summed E-state index contributed by atoms with van der Waals surface area (Å²) in [6, 6.07) is 7.97. The molecule has 1 rings (SSSR count). The molecular weight excluding hydrogens is 216 g/mol. The lowest BCUT2D eigenvalue weighted by Gasteiger charge is -2.15. The Morgan fingerprint density at radius 1 is 1.24 bits per heavy atom.